The lowest BCUT2D eigenvalue weighted by Crippen LogP contribution is -2.13. The summed E-state index contributed by atoms with van der Waals surface area (Å²) < 4.78 is 10.7. The first-order valence-corrected chi connectivity index (χ1v) is 6.98. The highest BCUT2D eigenvalue weighted by Gasteiger charge is 2.05. The van der Waals surface area contributed by atoms with Crippen molar-refractivity contribution in [2.45, 2.75) is 13.5 Å². The number of anilines is 1. The van der Waals surface area contributed by atoms with Crippen LogP contribution in [0.15, 0.2) is 66.7 Å². The molecule has 0 radical (unpaired) electrons. The van der Waals surface area contributed by atoms with Crippen molar-refractivity contribution in [2.75, 3.05) is 11.9 Å². The summed E-state index contributed by atoms with van der Waals surface area (Å²) in [5.74, 6) is 0.670. The molecule has 0 saturated carbocycles. The summed E-state index contributed by atoms with van der Waals surface area (Å²) in [6.07, 6.45) is -0.499. The fourth-order valence-corrected chi connectivity index (χ4v) is 1.75. The topological polar surface area (TPSA) is 47.6 Å². The number of carbonyl (C=O) groups excluding carboxylic acids is 1. The molecule has 2 aromatic rings. The average Bonchev–Trinajstić information content (AvgIpc) is 2.52. The van der Waals surface area contributed by atoms with Crippen LogP contribution in [0.1, 0.15) is 12.5 Å². The number of hydrogen-bond donors (Lipinski definition) is 1. The van der Waals surface area contributed by atoms with Gasteiger partial charge in [0.15, 0.2) is 0 Å². The van der Waals surface area contributed by atoms with Crippen LogP contribution in [0.25, 0.3) is 0 Å². The minimum absolute atomic E-state index is 0.235. The predicted molar refractivity (Wildman–Crippen MR) is 87.0 cm³/mol. The zero-order valence-electron chi connectivity index (χ0n) is 12.5. The summed E-state index contributed by atoms with van der Waals surface area (Å²) in [6, 6.07) is 16.7. The second kappa shape index (κ2) is 7.88. The summed E-state index contributed by atoms with van der Waals surface area (Å²) in [4.78, 5) is 11.8. The highest BCUT2D eigenvalue weighted by Crippen LogP contribution is 2.18. The van der Waals surface area contributed by atoms with Gasteiger partial charge in [0.2, 0.25) is 0 Å². The number of amides is 1. The van der Waals surface area contributed by atoms with Crippen LogP contribution in [0.3, 0.4) is 0 Å². The van der Waals surface area contributed by atoms with Gasteiger partial charge in [0.1, 0.15) is 19.0 Å². The van der Waals surface area contributed by atoms with Gasteiger partial charge in [0.25, 0.3) is 0 Å². The zero-order valence-corrected chi connectivity index (χ0v) is 12.5. The van der Waals surface area contributed by atoms with Gasteiger partial charge in [0.05, 0.1) is 0 Å². The molecule has 1 amide bonds. The maximum atomic E-state index is 11.8. The second-order valence-corrected chi connectivity index (χ2v) is 4.96. The Balaban J connectivity index is 1.85. The van der Waals surface area contributed by atoms with E-state index in [2.05, 4.69) is 11.9 Å². The first kappa shape index (κ1) is 15.6. The fourth-order valence-electron chi connectivity index (χ4n) is 1.75. The fraction of sp³-hybridized carbons (Fsp3) is 0.167. The molecule has 0 aliphatic heterocycles. The number of nitrogens with one attached hydrogen (secondary N) is 1. The molecule has 0 atom stereocenters. The number of hydrogen-bond acceptors (Lipinski definition) is 3. The van der Waals surface area contributed by atoms with Gasteiger partial charge in [-0.05, 0) is 30.2 Å². The summed E-state index contributed by atoms with van der Waals surface area (Å²) in [5.41, 5.74) is 2.49. The molecule has 0 fully saturated rings. The van der Waals surface area contributed by atoms with E-state index in [0.717, 1.165) is 11.1 Å². The zero-order chi connectivity index (χ0) is 15.8. The molecule has 0 aromatic heterocycles. The van der Waals surface area contributed by atoms with Crippen molar-refractivity contribution in [3.8, 4) is 5.75 Å². The average molecular weight is 297 g/mol. The standard InChI is InChI=1S/C18H19NO3/c1-14(2)12-21-17-10-6-9-16(11-17)19-18(20)22-13-15-7-4-3-5-8-15/h3-11H,1,12-13H2,2H3,(H,19,20). The van der Waals surface area contributed by atoms with Crippen LogP contribution >= 0.6 is 0 Å². The highest BCUT2D eigenvalue weighted by atomic mass is 16.5. The SMILES string of the molecule is C=C(C)COc1cccc(NC(=O)OCc2ccccc2)c1. The molecule has 0 aliphatic carbocycles. The van der Waals surface area contributed by atoms with Crippen LogP contribution in [0.4, 0.5) is 10.5 Å². The van der Waals surface area contributed by atoms with Gasteiger partial charge in [-0.15, -0.1) is 0 Å². The molecule has 0 spiro atoms. The molecular formula is C18H19NO3. The van der Waals surface area contributed by atoms with Crippen LogP contribution in [-0.2, 0) is 11.3 Å². The lowest BCUT2D eigenvalue weighted by atomic mass is 10.2. The van der Waals surface area contributed by atoms with E-state index in [9.17, 15) is 4.79 Å². The van der Waals surface area contributed by atoms with E-state index in [1.165, 1.54) is 0 Å². The van der Waals surface area contributed by atoms with Gasteiger partial charge < -0.3 is 9.47 Å². The Morgan fingerprint density at radius 1 is 1.14 bits per heavy atom. The minimum atomic E-state index is -0.499. The maximum Gasteiger partial charge on any atom is 0.411 e. The van der Waals surface area contributed by atoms with Gasteiger partial charge in [-0.1, -0.05) is 43.0 Å². The lowest BCUT2D eigenvalue weighted by Gasteiger charge is -2.09. The van der Waals surface area contributed by atoms with E-state index in [4.69, 9.17) is 9.47 Å². The van der Waals surface area contributed by atoms with Crippen LogP contribution in [0, 0.1) is 0 Å². The van der Waals surface area contributed by atoms with Gasteiger partial charge in [0, 0.05) is 11.8 Å². The van der Waals surface area contributed by atoms with Gasteiger partial charge >= 0.3 is 6.09 Å². The molecule has 2 rings (SSSR count). The Morgan fingerprint density at radius 2 is 1.91 bits per heavy atom. The number of carbonyl (C=O) groups is 1. The third-order valence-electron chi connectivity index (χ3n) is 2.78. The van der Waals surface area contributed by atoms with E-state index >= 15 is 0 Å². The molecule has 0 saturated heterocycles. The van der Waals surface area contributed by atoms with Crippen molar-refractivity contribution in [1.82, 2.24) is 0 Å². The Morgan fingerprint density at radius 3 is 2.64 bits per heavy atom. The van der Waals surface area contributed by atoms with Crippen molar-refractivity contribution in [1.29, 1.82) is 0 Å². The highest BCUT2D eigenvalue weighted by molar-refractivity contribution is 5.84. The molecule has 1 N–H and O–H groups in total. The summed E-state index contributed by atoms with van der Waals surface area (Å²) >= 11 is 0. The van der Waals surface area contributed by atoms with E-state index in [1.807, 2.05) is 43.3 Å². The third-order valence-corrected chi connectivity index (χ3v) is 2.78. The molecular weight excluding hydrogens is 278 g/mol. The van der Waals surface area contributed by atoms with Crippen molar-refractivity contribution >= 4 is 11.8 Å². The maximum absolute atomic E-state index is 11.8. The van der Waals surface area contributed by atoms with E-state index in [-0.39, 0.29) is 6.61 Å². The monoisotopic (exact) mass is 297 g/mol. The molecule has 114 valence electrons. The van der Waals surface area contributed by atoms with E-state index in [1.54, 1.807) is 18.2 Å². The van der Waals surface area contributed by atoms with Crippen molar-refractivity contribution in [3.63, 3.8) is 0 Å². The third kappa shape index (κ3) is 5.32. The number of rotatable bonds is 6. The normalized spacial score (nSPS) is 9.86. The molecule has 0 aliphatic rings. The quantitative estimate of drug-likeness (QED) is 0.804. The molecule has 0 heterocycles. The molecule has 0 unspecified atom stereocenters. The number of ether oxygens (including phenoxy) is 2. The molecule has 4 heteroatoms. The largest absolute Gasteiger partial charge is 0.489 e. The molecule has 4 nitrogen and oxygen atoms in total. The van der Waals surface area contributed by atoms with E-state index < -0.39 is 6.09 Å². The Bertz CT molecular complexity index is 638. The van der Waals surface area contributed by atoms with E-state index in [0.29, 0.717) is 18.0 Å². The van der Waals surface area contributed by atoms with Gasteiger partial charge in [-0.3, -0.25) is 5.32 Å². The summed E-state index contributed by atoms with van der Waals surface area (Å²) in [6.45, 7) is 6.35. The lowest BCUT2D eigenvalue weighted by molar-refractivity contribution is 0.155. The molecule has 22 heavy (non-hydrogen) atoms. The smallest absolute Gasteiger partial charge is 0.411 e. The molecule has 2 aromatic carbocycles. The van der Waals surface area contributed by atoms with Crippen molar-refractivity contribution in [2.24, 2.45) is 0 Å². The Kier molecular flexibility index (Phi) is 5.60. The first-order valence-electron chi connectivity index (χ1n) is 6.98. The summed E-state index contributed by atoms with van der Waals surface area (Å²) in [5, 5.41) is 2.68. The second-order valence-electron chi connectivity index (χ2n) is 4.96. The Hall–Kier alpha value is -2.75. The van der Waals surface area contributed by atoms with Crippen LogP contribution in [-0.4, -0.2) is 12.7 Å². The van der Waals surface area contributed by atoms with Crippen molar-refractivity contribution in [3.05, 3.63) is 72.3 Å². The van der Waals surface area contributed by atoms with Crippen LogP contribution in [0.2, 0.25) is 0 Å². The summed E-state index contributed by atoms with van der Waals surface area (Å²) in [7, 11) is 0. The predicted octanol–water partition coefficient (Wildman–Crippen LogP) is 4.39. The van der Waals surface area contributed by atoms with Crippen molar-refractivity contribution < 1.29 is 14.3 Å². The Labute approximate surface area is 130 Å². The van der Waals surface area contributed by atoms with Crippen LogP contribution in [0.5, 0.6) is 5.75 Å². The van der Waals surface area contributed by atoms with Gasteiger partial charge in [-0.25, -0.2) is 4.79 Å². The minimum Gasteiger partial charge on any atom is -0.489 e. The first-order chi connectivity index (χ1) is 10.6. The number of benzene rings is 2. The van der Waals surface area contributed by atoms with Gasteiger partial charge in [-0.2, -0.15) is 0 Å². The molecule has 0 bridgehead atoms. The van der Waals surface area contributed by atoms with Crippen LogP contribution < -0.4 is 10.1 Å².